The quantitative estimate of drug-likeness (QED) is 0.205. The Kier molecular flexibility index (Phi) is 6.00. The minimum atomic E-state index is 0.131. The van der Waals surface area contributed by atoms with Crippen LogP contribution in [0.5, 0.6) is 0 Å². The number of nitrogens with one attached hydrogen (secondary N) is 2. The first-order valence-corrected chi connectivity index (χ1v) is 17.9. The fourth-order valence-corrected chi connectivity index (χ4v) is 9.11. The molecule has 4 nitrogen and oxygen atoms in total. The van der Waals surface area contributed by atoms with Gasteiger partial charge in [0.25, 0.3) is 0 Å². The second-order valence-corrected chi connectivity index (χ2v) is 14.2. The van der Waals surface area contributed by atoms with Crippen molar-refractivity contribution in [2.24, 2.45) is 5.92 Å². The van der Waals surface area contributed by atoms with Crippen LogP contribution in [-0.2, 0) is 0 Å². The van der Waals surface area contributed by atoms with Gasteiger partial charge < -0.3 is 15.5 Å². The van der Waals surface area contributed by atoms with Gasteiger partial charge in [0.05, 0.1) is 34.5 Å². The van der Waals surface area contributed by atoms with Crippen molar-refractivity contribution < 1.29 is 0 Å². The number of hydrogen-bond acceptors (Lipinski definition) is 3. The van der Waals surface area contributed by atoms with Gasteiger partial charge in [0.1, 0.15) is 5.82 Å². The molecule has 50 heavy (non-hydrogen) atoms. The number of hydrogen-bond donors (Lipinski definition) is 2. The Bertz CT molecular complexity index is 2560. The molecule has 0 radical (unpaired) electrons. The van der Waals surface area contributed by atoms with Crippen LogP contribution in [0.2, 0.25) is 0 Å². The number of fused-ring (bicyclic) bond motifs is 10. The molecule has 0 spiro atoms. The molecule has 4 atom stereocenters. The highest BCUT2D eigenvalue weighted by molar-refractivity contribution is 6.23. The van der Waals surface area contributed by atoms with Crippen molar-refractivity contribution in [2.75, 3.05) is 4.90 Å². The molecule has 240 valence electrons. The van der Waals surface area contributed by atoms with E-state index in [4.69, 9.17) is 0 Å². The molecule has 0 saturated carbocycles. The predicted octanol–water partition coefficient (Wildman–Crippen LogP) is 9.99. The van der Waals surface area contributed by atoms with E-state index >= 15 is 0 Å². The van der Waals surface area contributed by atoms with Gasteiger partial charge in [-0.25, -0.2) is 0 Å². The summed E-state index contributed by atoms with van der Waals surface area (Å²) in [6.45, 7) is 0. The Morgan fingerprint density at radius 2 is 1.52 bits per heavy atom. The number of nitrogens with zero attached hydrogens (tertiary/aromatic N) is 2. The minimum absolute atomic E-state index is 0.131. The summed E-state index contributed by atoms with van der Waals surface area (Å²) < 4.78 is 2.50. The van der Waals surface area contributed by atoms with Crippen molar-refractivity contribution in [1.29, 1.82) is 0 Å². The molecule has 4 heteroatoms. The maximum absolute atomic E-state index is 4.04. The molecule has 1 aromatic heterocycles. The van der Waals surface area contributed by atoms with Gasteiger partial charge in [-0.15, -0.1) is 0 Å². The van der Waals surface area contributed by atoms with E-state index < -0.39 is 0 Å². The van der Waals surface area contributed by atoms with Crippen LogP contribution in [-0.4, -0.2) is 16.7 Å². The average molecular weight is 645 g/mol. The SMILES string of the molecule is C1=CCC2C(=C1)N(C1=CC=C3C=CC=CC3C1)c1cc3c(cc12)c1c2ccccc2ccc1n3C1=C(c2ccccc2)NC2C=CC=CC2N1. The van der Waals surface area contributed by atoms with Crippen molar-refractivity contribution in [3.63, 3.8) is 0 Å². The molecule has 2 aliphatic heterocycles. The van der Waals surface area contributed by atoms with E-state index in [0.717, 1.165) is 24.4 Å². The van der Waals surface area contributed by atoms with Crippen LogP contribution in [0.4, 0.5) is 5.69 Å². The van der Waals surface area contributed by atoms with E-state index in [-0.39, 0.29) is 12.1 Å². The van der Waals surface area contributed by atoms with E-state index in [1.807, 2.05) is 0 Å². The van der Waals surface area contributed by atoms with Crippen LogP contribution < -0.4 is 15.5 Å². The molecule has 4 aromatic carbocycles. The van der Waals surface area contributed by atoms with E-state index in [9.17, 15) is 0 Å². The fraction of sp³-hybridized carbons (Fsp3) is 0.130. The Morgan fingerprint density at radius 1 is 0.680 bits per heavy atom. The first-order chi connectivity index (χ1) is 24.8. The molecule has 3 heterocycles. The molecular formula is C46H36N4. The van der Waals surface area contributed by atoms with Crippen LogP contribution in [0.1, 0.15) is 29.9 Å². The Hall–Kier alpha value is -6.00. The van der Waals surface area contributed by atoms with E-state index in [1.54, 1.807) is 0 Å². The summed E-state index contributed by atoms with van der Waals surface area (Å²) >= 11 is 0. The van der Waals surface area contributed by atoms with Gasteiger partial charge >= 0.3 is 0 Å². The third kappa shape index (κ3) is 4.05. The molecule has 5 aromatic rings. The molecule has 0 saturated heterocycles. The van der Waals surface area contributed by atoms with Crippen molar-refractivity contribution in [3.8, 4) is 0 Å². The molecule has 6 aliphatic rings. The van der Waals surface area contributed by atoms with Crippen LogP contribution in [0.25, 0.3) is 44.1 Å². The second kappa shape index (κ2) is 10.8. The number of aromatic nitrogens is 1. The summed E-state index contributed by atoms with van der Waals surface area (Å²) in [5, 5.41) is 13.2. The van der Waals surface area contributed by atoms with Gasteiger partial charge in [-0.05, 0) is 65.1 Å². The van der Waals surface area contributed by atoms with Gasteiger partial charge in [0.15, 0.2) is 0 Å². The van der Waals surface area contributed by atoms with Crippen molar-refractivity contribution in [1.82, 2.24) is 15.2 Å². The van der Waals surface area contributed by atoms with Crippen molar-refractivity contribution >= 4 is 49.8 Å². The third-order valence-electron chi connectivity index (χ3n) is 11.4. The van der Waals surface area contributed by atoms with Crippen molar-refractivity contribution in [2.45, 2.75) is 30.8 Å². The number of rotatable bonds is 3. The van der Waals surface area contributed by atoms with Crippen LogP contribution in [0.15, 0.2) is 175 Å². The van der Waals surface area contributed by atoms with Gasteiger partial charge in [-0.3, -0.25) is 4.57 Å². The van der Waals surface area contributed by atoms with Gasteiger partial charge in [-0.1, -0.05) is 127 Å². The van der Waals surface area contributed by atoms with Crippen LogP contribution in [0.3, 0.4) is 0 Å². The monoisotopic (exact) mass is 644 g/mol. The lowest BCUT2D eigenvalue weighted by Gasteiger charge is -2.37. The topological polar surface area (TPSA) is 32.2 Å². The number of allylic oxidation sites excluding steroid dienone is 14. The summed E-state index contributed by atoms with van der Waals surface area (Å²) in [6.07, 6.45) is 31.4. The summed E-state index contributed by atoms with van der Waals surface area (Å²) in [5.74, 6) is 1.82. The molecular weight excluding hydrogens is 609 g/mol. The number of anilines is 1. The lowest BCUT2D eigenvalue weighted by atomic mass is 9.86. The summed E-state index contributed by atoms with van der Waals surface area (Å²) in [4.78, 5) is 2.59. The third-order valence-corrected chi connectivity index (χ3v) is 11.4. The molecule has 0 amide bonds. The molecule has 2 N–H and O–H groups in total. The highest BCUT2D eigenvalue weighted by atomic mass is 15.2. The highest BCUT2D eigenvalue weighted by Gasteiger charge is 2.38. The highest BCUT2D eigenvalue weighted by Crippen LogP contribution is 2.53. The zero-order chi connectivity index (χ0) is 32.8. The molecule has 0 fully saturated rings. The van der Waals surface area contributed by atoms with E-state index in [1.165, 1.54) is 66.4 Å². The lowest BCUT2D eigenvalue weighted by Crippen LogP contribution is -2.51. The zero-order valence-corrected chi connectivity index (χ0v) is 27.6. The first kappa shape index (κ1) is 27.9. The van der Waals surface area contributed by atoms with Crippen molar-refractivity contribution in [3.05, 3.63) is 186 Å². The normalized spacial score (nSPS) is 24.4. The first-order valence-electron chi connectivity index (χ1n) is 17.9. The van der Waals surface area contributed by atoms with Gasteiger partial charge in [0.2, 0.25) is 0 Å². The van der Waals surface area contributed by atoms with Crippen LogP contribution in [0, 0.1) is 5.92 Å². The summed E-state index contributed by atoms with van der Waals surface area (Å²) in [6, 6.07) is 29.6. The average Bonchev–Trinajstić information content (AvgIpc) is 3.68. The molecule has 11 rings (SSSR count). The Labute approximate surface area is 291 Å². The smallest absolute Gasteiger partial charge is 0.136 e. The largest absolute Gasteiger partial charge is 0.373 e. The lowest BCUT2D eigenvalue weighted by molar-refractivity contribution is 0.544. The Balaban J connectivity index is 1.22. The Morgan fingerprint density at radius 3 is 2.44 bits per heavy atom. The number of benzene rings is 4. The van der Waals surface area contributed by atoms with Crippen LogP contribution >= 0.6 is 0 Å². The van der Waals surface area contributed by atoms with Gasteiger partial charge in [-0.2, -0.15) is 0 Å². The maximum atomic E-state index is 4.04. The van der Waals surface area contributed by atoms with Gasteiger partial charge in [0, 0.05) is 39.6 Å². The maximum Gasteiger partial charge on any atom is 0.136 e. The molecule has 4 unspecified atom stereocenters. The predicted molar refractivity (Wildman–Crippen MR) is 208 cm³/mol. The van der Waals surface area contributed by atoms with E-state index in [0.29, 0.717) is 11.8 Å². The second-order valence-electron chi connectivity index (χ2n) is 14.2. The summed E-state index contributed by atoms with van der Waals surface area (Å²) in [7, 11) is 0. The molecule has 4 aliphatic carbocycles. The zero-order valence-electron chi connectivity index (χ0n) is 27.6. The molecule has 0 bridgehead atoms. The summed E-state index contributed by atoms with van der Waals surface area (Å²) in [5.41, 5.74) is 11.6. The van der Waals surface area contributed by atoms with E-state index in [2.05, 4.69) is 178 Å². The minimum Gasteiger partial charge on any atom is -0.373 e. The standard InChI is InChI=1S/C46H36N4/c1-2-14-31(15-3-1)45-46(48-39-20-10-9-19-38(39)47-45)50-41-25-23-30-13-6-7-17-34(30)44(41)37-27-36-35-18-8-11-21-40(35)49(42(36)28-43(37)50)33-24-22-29-12-4-5-16-32(29)26-33/h1-17,19-25,27-28,32,35,38-39,47-48H,18,26H2. The fourth-order valence-electron chi connectivity index (χ4n) is 9.11.